The van der Waals surface area contributed by atoms with Crippen molar-refractivity contribution in [3.05, 3.63) is 57.0 Å². The fraction of sp³-hybridized carbons (Fsp3) is 0.353. The number of aryl methyl sites for hydroxylation is 1. The summed E-state index contributed by atoms with van der Waals surface area (Å²) >= 11 is 1.43. The highest BCUT2D eigenvalue weighted by Crippen LogP contribution is 2.15. The summed E-state index contributed by atoms with van der Waals surface area (Å²) in [4.78, 5) is 31.1. The number of rotatable bonds is 6. The van der Waals surface area contributed by atoms with Crippen molar-refractivity contribution in [1.82, 2.24) is 9.97 Å². The predicted molar refractivity (Wildman–Crippen MR) is 91.2 cm³/mol. The van der Waals surface area contributed by atoms with E-state index < -0.39 is 0 Å². The molecule has 23 heavy (non-hydrogen) atoms. The highest BCUT2D eigenvalue weighted by atomic mass is 32.2. The fourth-order valence-corrected chi connectivity index (χ4v) is 2.72. The van der Waals surface area contributed by atoms with Gasteiger partial charge in [-0.1, -0.05) is 37.2 Å². The van der Waals surface area contributed by atoms with Gasteiger partial charge in [-0.25, -0.2) is 9.78 Å². The zero-order valence-corrected chi connectivity index (χ0v) is 14.3. The molecule has 0 fully saturated rings. The topological polar surface area (TPSA) is 72.0 Å². The molecule has 2 aromatic rings. The van der Waals surface area contributed by atoms with Crippen LogP contribution in [0.1, 0.15) is 40.5 Å². The molecule has 0 saturated carbocycles. The zero-order valence-electron chi connectivity index (χ0n) is 13.5. The predicted octanol–water partition coefficient (Wildman–Crippen LogP) is 2.82. The number of ether oxygens (including phenoxy) is 1. The third-order valence-electron chi connectivity index (χ3n) is 3.52. The van der Waals surface area contributed by atoms with Gasteiger partial charge in [0.05, 0.1) is 18.4 Å². The van der Waals surface area contributed by atoms with E-state index in [1.54, 1.807) is 12.1 Å². The molecule has 5 nitrogen and oxygen atoms in total. The van der Waals surface area contributed by atoms with Crippen LogP contribution in [0.4, 0.5) is 0 Å². The average Bonchev–Trinajstić information content (AvgIpc) is 2.57. The third kappa shape index (κ3) is 4.22. The second-order valence-electron chi connectivity index (χ2n) is 5.12. The van der Waals surface area contributed by atoms with Crippen LogP contribution in [0, 0.1) is 0 Å². The summed E-state index contributed by atoms with van der Waals surface area (Å²) in [5.41, 5.74) is 2.90. The Kier molecular flexibility index (Phi) is 5.98. The van der Waals surface area contributed by atoms with Gasteiger partial charge in [0.2, 0.25) is 0 Å². The smallest absolute Gasteiger partial charge is 0.337 e. The summed E-state index contributed by atoms with van der Waals surface area (Å²) in [7, 11) is 1.35. The van der Waals surface area contributed by atoms with Gasteiger partial charge < -0.3 is 9.72 Å². The molecule has 0 unspecified atom stereocenters. The molecule has 0 amide bonds. The molecule has 1 aromatic heterocycles. The number of methoxy groups -OCH3 is 1. The fourth-order valence-electron chi connectivity index (χ4n) is 2.32. The second-order valence-corrected chi connectivity index (χ2v) is 5.91. The molecule has 0 spiro atoms. The lowest BCUT2D eigenvalue weighted by Crippen LogP contribution is -2.19. The Hall–Kier alpha value is -2.08. The van der Waals surface area contributed by atoms with Crippen LogP contribution in [-0.2, 0) is 17.6 Å². The van der Waals surface area contributed by atoms with Crippen molar-refractivity contribution in [1.29, 1.82) is 0 Å². The normalized spacial score (nSPS) is 10.6. The number of nitrogens with one attached hydrogen (secondary N) is 1. The Morgan fingerprint density at radius 2 is 2.00 bits per heavy atom. The number of aromatic nitrogens is 2. The number of thioether (sulfide) groups is 1. The number of carbonyl (C=O) groups excluding carboxylic acids is 1. The largest absolute Gasteiger partial charge is 0.465 e. The molecule has 1 aromatic carbocycles. The van der Waals surface area contributed by atoms with Gasteiger partial charge in [-0.05, 0) is 30.4 Å². The number of hydrogen-bond acceptors (Lipinski definition) is 5. The summed E-state index contributed by atoms with van der Waals surface area (Å²) in [5.74, 6) is -0.368. The number of benzene rings is 1. The van der Waals surface area contributed by atoms with Crippen LogP contribution >= 0.6 is 11.8 Å². The van der Waals surface area contributed by atoms with Crippen molar-refractivity contribution in [3.63, 3.8) is 0 Å². The molecule has 0 aliphatic heterocycles. The van der Waals surface area contributed by atoms with Crippen LogP contribution in [0.5, 0.6) is 0 Å². The zero-order chi connectivity index (χ0) is 16.8. The first-order valence-electron chi connectivity index (χ1n) is 7.42. The average molecular weight is 332 g/mol. The second kappa shape index (κ2) is 7.97. The van der Waals surface area contributed by atoms with E-state index in [1.807, 2.05) is 18.4 Å². The molecule has 0 aliphatic rings. The summed E-state index contributed by atoms with van der Waals surface area (Å²) < 4.78 is 4.68. The number of hydrogen-bond donors (Lipinski definition) is 1. The highest BCUT2D eigenvalue weighted by molar-refractivity contribution is 7.98. The molecule has 6 heteroatoms. The molecule has 1 N–H and O–H groups in total. The number of aromatic amines is 1. The lowest BCUT2D eigenvalue weighted by Gasteiger charge is -2.09. The molecule has 2 rings (SSSR count). The first kappa shape index (κ1) is 17.3. The van der Waals surface area contributed by atoms with E-state index in [9.17, 15) is 9.59 Å². The van der Waals surface area contributed by atoms with E-state index in [1.165, 1.54) is 18.9 Å². The molecule has 0 radical (unpaired) electrons. The molecular weight excluding hydrogens is 312 g/mol. The van der Waals surface area contributed by atoms with Gasteiger partial charge in [-0.3, -0.25) is 4.79 Å². The van der Waals surface area contributed by atoms with E-state index in [2.05, 4.69) is 21.6 Å². The SMILES string of the molecule is CCCc1nc(SC)[nH]c(=O)c1Cc1ccc(C(=O)OC)cc1. The molecule has 0 bridgehead atoms. The van der Waals surface area contributed by atoms with Gasteiger partial charge in [-0.15, -0.1) is 0 Å². The van der Waals surface area contributed by atoms with Crippen molar-refractivity contribution >= 4 is 17.7 Å². The Morgan fingerprint density at radius 1 is 1.30 bits per heavy atom. The van der Waals surface area contributed by atoms with E-state index in [0.717, 1.165) is 24.1 Å². The lowest BCUT2D eigenvalue weighted by atomic mass is 10.0. The maximum Gasteiger partial charge on any atom is 0.337 e. The minimum absolute atomic E-state index is 0.0927. The number of nitrogens with zero attached hydrogens (tertiary/aromatic N) is 1. The van der Waals surface area contributed by atoms with Crippen molar-refractivity contribution in [3.8, 4) is 0 Å². The maximum atomic E-state index is 12.3. The Balaban J connectivity index is 2.32. The van der Waals surface area contributed by atoms with Crippen LogP contribution in [0.2, 0.25) is 0 Å². The Bertz CT molecular complexity index is 738. The van der Waals surface area contributed by atoms with Crippen molar-refractivity contribution in [2.45, 2.75) is 31.3 Å². The maximum absolute atomic E-state index is 12.3. The first-order chi connectivity index (χ1) is 11.1. The van der Waals surface area contributed by atoms with Crippen molar-refractivity contribution < 1.29 is 9.53 Å². The Labute approximate surface area is 139 Å². The molecule has 0 aliphatic carbocycles. The van der Waals surface area contributed by atoms with Crippen LogP contribution in [0.15, 0.2) is 34.2 Å². The van der Waals surface area contributed by atoms with Gasteiger partial charge >= 0.3 is 5.97 Å². The minimum Gasteiger partial charge on any atom is -0.465 e. The van der Waals surface area contributed by atoms with Crippen molar-refractivity contribution in [2.24, 2.45) is 0 Å². The highest BCUT2D eigenvalue weighted by Gasteiger charge is 2.12. The van der Waals surface area contributed by atoms with Gasteiger partial charge in [0.1, 0.15) is 0 Å². The first-order valence-corrected chi connectivity index (χ1v) is 8.64. The summed E-state index contributed by atoms with van der Waals surface area (Å²) in [6.07, 6.45) is 4.08. The number of H-pyrrole nitrogens is 1. The van der Waals surface area contributed by atoms with E-state index >= 15 is 0 Å². The molecule has 122 valence electrons. The van der Waals surface area contributed by atoms with Gasteiger partial charge in [0.15, 0.2) is 5.16 Å². The van der Waals surface area contributed by atoms with Gasteiger partial charge in [-0.2, -0.15) is 0 Å². The summed E-state index contributed by atoms with van der Waals surface area (Å²) in [6.45, 7) is 2.07. The minimum atomic E-state index is -0.368. The van der Waals surface area contributed by atoms with Crippen LogP contribution < -0.4 is 5.56 Å². The summed E-state index contributed by atoms with van der Waals surface area (Å²) in [5, 5.41) is 0.642. The lowest BCUT2D eigenvalue weighted by molar-refractivity contribution is 0.0600. The van der Waals surface area contributed by atoms with Gasteiger partial charge in [0, 0.05) is 12.0 Å². The molecule has 0 saturated heterocycles. The quantitative estimate of drug-likeness (QED) is 0.500. The summed E-state index contributed by atoms with van der Waals surface area (Å²) in [6, 6.07) is 7.09. The number of esters is 1. The molecule has 1 heterocycles. The third-order valence-corrected chi connectivity index (χ3v) is 4.10. The Morgan fingerprint density at radius 3 is 2.57 bits per heavy atom. The van der Waals surface area contributed by atoms with Crippen LogP contribution in [0.3, 0.4) is 0 Å². The van der Waals surface area contributed by atoms with E-state index in [-0.39, 0.29) is 11.5 Å². The van der Waals surface area contributed by atoms with E-state index in [4.69, 9.17) is 0 Å². The monoisotopic (exact) mass is 332 g/mol. The van der Waals surface area contributed by atoms with E-state index in [0.29, 0.717) is 22.7 Å². The van der Waals surface area contributed by atoms with Crippen molar-refractivity contribution in [2.75, 3.05) is 13.4 Å². The van der Waals surface area contributed by atoms with Gasteiger partial charge in [0.25, 0.3) is 5.56 Å². The van der Waals surface area contributed by atoms with Crippen LogP contribution in [-0.4, -0.2) is 29.3 Å². The standard InChI is InChI=1S/C17H20N2O3S/c1-4-5-14-13(15(20)19-17(18-14)23-3)10-11-6-8-12(9-7-11)16(21)22-2/h6-9H,4-5,10H2,1-3H3,(H,18,19,20). The van der Waals surface area contributed by atoms with Crippen LogP contribution in [0.25, 0.3) is 0 Å². The molecule has 0 atom stereocenters. The molecular formula is C17H20N2O3S. The number of carbonyl (C=O) groups is 1.